The molecule has 0 saturated carbocycles. The van der Waals surface area contributed by atoms with Crippen molar-refractivity contribution in [3.05, 3.63) is 125 Å². The average molecular weight is 587 g/mol. The summed E-state index contributed by atoms with van der Waals surface area (Å²) in [5.74, 6) is -0.802. The first-order valence-corrected chi connectivity index (χ1v) is 14.3. The first-order valence-electron chi connectivity index (χ1n) is 14.3. The molecule has 0 radical (unpaired) electrons. The summed E-state index contributed by atoms with van der Waals surface area (Å²) in [5, 5.41) is 3.07. The highest BCUT2D eigenvalue weighted by atomic mass is 16.5. The normalized spacial score (nSPS) is 22.6. The number of amides is 1. The van der Waals surface area contributed by atoms with Crippen molar-refractivity contribution in [1.82, 2.24) is 4.90 Å². The Balaban J connectivity index is 1.53. The van der Waals surface area contributed by atoms with Crippen LogP contribution in [0.15, 0.2) is 97.2 Å². The Bertz CT molecular complexity index is 1870. The predicted molar refractivity (Wildman–Crippen MR) is 165 cm³/mol. The summed E-state index contributed by atoms with van der Waals surface area (Å²) < 4.78 is 16.5. The number of carbonyl (C=O) groups excluding carboxylic acids is 3. The number of anilines is 1. The summed E-state index contributed by atoms with van der Waals surface area (Å²) in [6, 6.07) is 25.4. The molecular formula is C36H30N2O6. The minimum absolute atomic E-state index is 0.260. The van der Waals surface area contributed by atoms with Crippen LogP contribution >= 0.6 is 0 Å². The fraction of sp³-hybridized carbons (Fsp3) is 0.194. The zero-order chi connectivity index (χ0) is 30.6. The van der Waals surface area contributed by atoms with Crippen molar-refractivity contribution < 1.29 is 28.6 Å². The van der Waals surface area contributed by atoms with Crippen molar-refractivity contribution in [3.63, 3.8) is 0 Å². The van der Waals surface area contributed by atoms with E-state index in [-0.39, 0.29) is 23.0 Å². The van der Waals surface area contributed by atoms with E-state index in [1.54, 1.807) is 42.5 Å². The number of hydrogen-bond acceptors (Lipinski definition) is 7. The first kappa shape index (κ1) is 27.5. The number of ketones is 2. The second-order valence-electron chi connectivity index (χ2n) is 11.1. The quantitative estimate of drug-likeness (QED) is 0.278. The molecule has 1 amide bonds. The molecule has 4 aromatic carbocycles. The number of nitrogens with zero attached hydrogens (tertiary/aromatic N) is 1. The van der Waals surface area contributed by atoms with Gasteiger partial charge in [0.1, 0.15) is 28.7 Å². The molecule has 0 bridgehead atoms. The Kier molecular flexibility index (Phi) is 6.50. The zero-order valence-corrected chi connectivity index (χ0v) is 24.4. The third kappa shape index (κ3) is 3.80. The summed E-state index contributed by atoms with van der Waals surface area (Å²) in [6.07, 6.45) is 3.79. The highest BCUT2D eigenvalue weighted by Crippen LogP contribution is 2.62. The van der Waals surface area contributed by atoms with Crippen molar-refractivity contribution in [2.24, 2.45) is 5.92 Å². The van der Waals surface area contributed by atoms with Gasteiger partial charge in [-0.1, -0.05) is 54.6 Å². The Morgan fingerprint density at radius 2 is 1.55 bits per heavy atom. The fourth-order valence-electron chi connectivity index (χ4n) is 7.28. The van der Waals surface area contributed by atoms with Crippen molar-refractivity contribution in [2.75, 3.05) is 26.6 Å². The number of hydrogen-bond donors (Lipinski definition) is 1. The van der Waals surface area contributed by atoms with E-state index in [1.807, 2.05) is 65.7 Å². The van der Waals surface area contributed by atoms with E-state index in [2.05, 4.69) is 5.32 Å². The standard InChI is InChI=1S/C36H30N2O6/c1-42-23-11-8-10-22(19-23)32(39)31-30(33(40)26-16-15-24(43-2)20-29(26)44-3)36(27-13-6-7-14-28(27)37-35(36)41)34-25-12-5-4-9-21(25)17-18-38(31)34/h4-20,30-31,34H,1-3H3,(H,37,41)/t30-,31+,34-,36-/m1/s1. The molecule has 4 aromatic rings. The summed E-state index contributed by atoms with van der Waals surface area (Å²) in [4.78, 5) is 46.5. The Hall–Kier alpha value is -5.37. The van der Waals surface area contributed by atoms with Crippen LogP contribution in [-0.4, -0.2) is 49.7 Å². The lowest BCUT2D eigenvalue weighted by Crippen LogP contribution is -2.49. The van der Waals surface area contributed by atoms with E-state index in [0.717, 1.165) is 11.1 Å². The van der Waals surface area contributed by atoms with E-state index in [1.165, 1.54) is 21.3 Å². The summed E-state index contributed by atoms with van der Waals surface area (Å²) in [7, 11) is 4.55. The molecule has 7 rings (SSSR count). The molecule has 1 saturated heterocycles. The largest absolute Gasteiger partial charge is 0.497 e. The van der Waals surface area contributed by atoms with E-state index in [0.29, 0.717) is 34.1 Å². The number of ether oxygens (including phenoxy) is 3. The molecule has 1 N–H and O–H groups in total. The SMILES string of the molecule is COc1cccc(C(=O)[C@@H]2[C@H](C(=O)c3ccc(OC)cc3OC)[C@@]3(C(=O)Nc4ccccc43)[C@H]3c4ccccc4C=CN23)c1. The van der Waals surface area contributed by atoms with Crippen molar-refractivity contribution in [1.29, 1.82) is 0 Å². The molecular weight excluding hydrogens is 556 g/mol. The second kappa shape index (κ2) is 10.4. The van der Waals surface area contributed by atoms with Crippen molar-refractivity contribution in [2.45, 2.75) is 17.5 Å². The van der Waals surface area contributed by atoms with Crippen LogP contribution in [-0.2, 0) is 10.2 Å². The summed E-state index contributed by atoms with van der Waals surface area (Å²) in [6.45, 7) is 0. The zero-order valence-electron chi connectivity index (χ0n) is 24.4. The molecule has 8 heteroatoms. The molecule has 0 aliphatic carbocycles. The maximum atomic E-state index is 15.1. The molecule has 3 aliphatic rings. The molecule has 220 valence electrons. The monoisotopic (exact) mass is 586 g/mol. The molecule has 0 unspecified atom stereocenters. The Morgan fingerprint density at radius 1 is 0.795 bits per heavy atom. The number of methoxy groups -OCH3 is 3. The van der Waals surface area contributed by atoms with Gasteiger partial charge in [-0.15, -0.1) is 0 Å². The lowest BCUT2D eigenvalue weighted by molar-refractivity contribution is -0.122. The van der Waals surface area contributed by atoms with Gasteiger partial charge in [0.25, 0.3) is 0 Å². The highest BCUT2D eigenvalue weighted by Gasteiger charge is 2.70. The number of nitrogens with one attached hydrogen (secondary N) is 1. The van der Waals surface area contributed by atoms with Gasteiger partial charge >= 0.3 is 0 Å². The molecule has 3 aliphatic heterocycles. The Labute approximate surface area is 254 Å². The van der Waals surface area contributed by atoms with E-state index in [9.17, 15) is 9.59 Å². The maximum Gasteiger partial charge on any atom is 0.238 e. The first-order chi connectivity index (χ1) is 21.4. The highest BCUT2D eigenvalue weighted by molar-refractivity contribution is 6.17. The average Bonchev–Trinajstić information content (AvgIpc) is 3.55. The predicted octanol–water partition coefficient (Wildman–Crippen LogP) is 5.69. The number of fused-ring (bicyclic) bond motifs is 6. The van der Waals surface area contributed by atoms with Crippen LogP contribution in [0, 0.1) is 5.92 Å². The smallest absolute Gasteiger partial charge is 0.238 e. The third-order valence-corrected chi connectivity index (χ3v) is 9.15. The van der Waals surface area contributed by atoms with Crippen LogP contribution in [0.25, 0.3) is 6.08 Å². The topological polar surface area (TPSA) is 94.2 Å². The van der Waals surface area contributed by atoms with Gasteiger partial charge in [0, 0.05) is 23.5 Å². The van der Waals surface area contributed by atoms with Crippen LogP contribution in [0.3, 0.4) is 0 Å². The van der Waals surface area contributed by atoms with Gasteiger partial charge in [0.05, 0.1) is 38.9 Å². The Morgan fingerprint density at radius 3 is 2.34 bits per heavy atom. The van der Waals surface area contributed by atoms with E-state index >= 15 is 4.79 Å². The number of rotatable bonds is 7. The van der Waals surface area contributed by atoms with Crippen LogP contribution in [0.2, 0.25) is 0 Å². The van der Waals surface area contributed by atoms with Gasteiger partial charge in [-0.3, -0.25) is 14.4 Å². The minimum Gasteiger partial charge on any atom is -0.497 e. The fourth-order valence-corrected chi connectivity index (χ4v) is 7.28. The van der Waals surface area contributed by atoms with Crippen LogP contribution < -0.4 is 19.5 Å². The van der Waals surface area contributed by atoms with Gasteiger partial charge in [0.2, 0.25) is 5.91 Å². The number of carbonyl (C=O) groups is 3. The van der Waals surface area contributed by atoms with Crippen molar-refractivity contribution >= 4 is 29.2 Å². The third-order valence-electron chi connectivity index (χ3n) is 9.15. The number of para-hydroxylation sites is 1. The van der Waals surface area contributed by atoms with E-state index in [4.69, 9.17) is 14.2 Å². The molecule has 44 heavy (non-hydrogen) atoms. The van der Waals surface area contributed by atoms with Gasteiger partial charge in [-0.05, 0) is 53.1 Å². The van der Waals surface area contributed by atoms with Gasteiger partial charge in [0.15, 0.2) is 11.6 Å². The van der Waals surface area contributed by atoms with Gasteiger partial charge in [-0.2, -0.15) is 0 Å². The lowest BCUT2D eigenvalue weighted by atomic mass is 9.62. The molecule has 4 atom stereocenters. The maximum absolute atomic E-state index is 15.1. The van der Waals surface area contributed by atoms with E-state index < -0.39 is 23.4 Å². The number of benzene rings is 4. The number of Topliss-reactive ketones (excluding diaryl/α,β-unsaturated/α-hetero) is 2. The van der Waals surface area contributed by atoms with Gasteiger partial charge < -0.3 is 24.4 Å². The summed E-state index contributed by atoms with van der Waals surface area (Å²) >= 11 is 0. The lowest BCUT2D eigenvalue weighted by Gasteiger charge is -2.38. The van der Waals surface area contributed by atoms with Crippen LogP contribution in [0.4, 0.5) is 5.69 Å². The second-order valence-corrected chi connectivity index (χ2v) is 11.1. The molecule has 8 nitrogen and oxygen atoms in total. The summed E-state index contributed by atoms with van der Waals surface area (Å²) in [5.41, 5.74) is 2.28. The molecule has 0 aromatic heterocycles. The molecule has 1 fully saturated rings. The van der Waals surface area contributed by atoms with Gasteiger partial charge in [-0.25, -0.2) is 0 Å². The van der Waals surface area contributed by atoms with Crippen LogP contribution in [0.5, 0.6) is 17.2 Å². The van der Waals surface area contributed by atoms with Crippen molar-refractivity contribution in [3.8, 4) is 17.2 Å². The molecule has 3 heterocycles. The van der Waals surface area contributed by atoms with Crippen LogP contribution in [0.1, 0.15) is 43.4 Å². The molecule has 1 spiro atoms. The minimum atomic E-state index is -1.45.